The van der Waals surface area contributed by atoms with Crippen LogP contribution in [0.3, 0.4) is 0 Å². The number of Topliss-reactive ketones (excluding diaryl/α,β-unsaturated/α-hetero) is 2. The molecule has 0 amide bonds. The van der Waals surface area contributed by atoms with Crippen LogP contribution in [0, 0.1) is 10.8 Å². The second-order valence-electron chi connectivity index (χ2n) is 9.65. The molecule has 6 heteroatoms. The Morgan fingerprint density at radius 2 is 1.42 bits per heavy atom. The van der Waals surface area contributed by atoms with Crippen LogP contribution in [0.25, 0.3) is 21.9 Å². The van der Waals surface area contributed by atoms with Gasteiger partial charge < -0.3 is 13.9 Å². The van der Waals surface area contributed by atoms with Crippen molar-refractivity contribution in [1.82, 2.24) is 0 Å². The van der Waals surface area contributed by atoms with E-state index in [2.05, 4.69) is 0 Å². The largest absolute Gasteiger partial charge is 0.486 e. The van der Waals surface area contributed by atoms with E-state index >= 15 is 0 Å². The van der Waals surface area contributed by atoms with Crippen LogP contribution in [0.5, 0.6) is 11.5 Å². The van der Waals surface area contributed by atoms with Crippen molar-refractivity contribution in [2.24, 2.45) is 10.8 Å². The molecular weight excluding hydrogens is 396 g/mol. The van der Waals surface area contributed by atoms with Gasteiger partial charge in [0.25, 0.3) is 0 Å². The molecule has 6 nitrogen and oxygen atoms in total. The monoisotopic (exact) mass is 424 g/mol. The molecule has 0 N–H and O–H groups in total. The average molecular weight is 424 g/mol. The molecule has 0 atom stereocenters. The second kappa shape index (κ2) is 8.17. The molecule has 0 fully saturated rings. The quantitative estimate of drug-likeness (QED) is 0.522. The lowest BCUT2D eigenvalue weighted by Crippen LogP contribution is -2.27. The molecule has 1 heterocycles. The van der Waals surface area contributed by atoms with Gasteiger partial charge in [-0.3, -0.25) is 14.4 Å². The molecule has 0 bridgehead atoms. The number of hydrogen-bond donors (Lipinski definition) is 0. The van der Waals surface area contributed by atoms with Gasteiger partial charge in [0.15, 0.2) is 11.6 Å². The van der Waals surface area contributed by atoms with Crippen molar-refractivity contribution in [2.45, 2.75) is 41.5 Å². The summed E-state index contributed by atoms with van der Waals surface area (Å²) >= 11 is 0. The first kappa shape index (κ1) is 22.5. The standard InChI is InChI=1S/C25H28O6/c1-24(2,3)20(26)13-29-15-11-18(30-14-21(27)25(4,5)6)22-19(12-15)31-17-10-8-7-9-16(17)23(22)28/h7-12H,13-14H2,1-6H3. The molecular formula is C25H28O6. The van der Waals surface area contributed by atoms with Gasteiger partial charge in [-0.1, -0.05) is 53.7 Å². The van der Waals surface area contributed by atoms with E-state index in [1.54, 1.807) is 51.1 Å². The molecule has 31 heavy (non-hydrogen) atoms. The van der Waals surface area contributed by atoms with Gasteiger partial charge in [-0.05, 0) is 12.1 Å². The van der Waals surface area contributed by atoms with E-state index < -0.39 is 10.8 Å². The summed E-state index contributed by atoms with van der Waals surface area (Å²) in [7, 11) is 0. The third kappa shape index (κ3) is 4.95. The lowest BCUT2D eigenvalue weighted by atomic mass is 9.91. The highest BCUT2D eigenvalue weighted by molar-refractivity contribution is 5.94. The van der Waals surface area contributed by atoms with Crippen molar-refractivity contribution < 1.29 is 23.5 Å². The molecule has 3 rings (SSSR count). The first-order valence-electron chi connectivity index (χ1n) is 10.2. The second-order valence-corrected chi connectivity index (χ2v) is 9.65. The average Bonchev–Trinajstić information content (AvgIpc) is 2.68. The molecule has 0 radical (unpaired) electrons. The Labute approximate surface area is 181 Å². The van der Waals surface area contributed by atoms with E-state index in [4.69, 9.17) is 13.9 Å². The molecule has 0 aliphatic carbocycles. The molecule has 0 aliphatic rings. The van der Waals surface area contributed by atoms with Crippen LogP contribution in [0.2, 0.25) is 0 Å². The van der Waals surface area contributed by atoms with Gasteiger partial charge in [0.1, 0.15) is 41.3 Å². The van der Waals surface area contributed by atoms with Crippen LogP contribution in [0.4, 0.5) is 0 Å². The molecule has 0 spiro atoms. The highest BCUT2D eigenvalue weighted by Crippen LogP contribution is 2.32. The predicted octanol–water partition coefficient (Wildman–Crippen LogP) is 4.93. The number of carbonyl (C=O) groups is 2. The Hall–Kier alpha value is -3.15. The number of ether oxygens (including phenoxy) is 2. The van der Waals surface area contributed by atoms with Crippen molar-refractivity contribution >= 4 is 33.5 Å². The number of carbonyl (C=O) groups excluding carboxylic acids is 2. The summed E-state index contributed by atoms with van der Waals surface area (Å²) in [6.07, 6.45) is 0. The lowest BCUT2D eigenvalue weighted by Gasteiger charge is -2.19. The Kier molecular flexibility index (Phi) is 5.94. The topological polar surface area (TPSA) is 82.8 Å². The molecule has 164 valence electrons. The fourth-order valence-corrected chi connectivity index (χ4v) is 2.79. The third-order valence-corrected chi connectivity index (χ3v) is 5.02. The molecule has 0 saturated carbocycles. The van der Waals surface area contributed by atoms with E-state index in [1.165, 1.54) is 6.07 Å². The molecule has 0 saturated heterocycles. The molecule has 1 aromatic heterocycles. The Morgan fingerprint density at radius 1 is 0.839 bits per heavy atom. The fourth-order valence-electron chi connectivity index (χ4n) is 2.79. The Morgan fingerprint density at radius 3 is 2.03 bits per heavy atom. The van der Waals surface area contributed by atoms with Gasteiger partial charge >= 0.3 is 0 Å². The maximum absolute atomic E-state index is 13.1. The zero-order chi connectivity index (χ0) is 23.0. The van der Waals surface area contributed by atoms with Crippen LogP contribution < -0.4 is 14.9 Å². The lowest BCUT2D eigenvalue weighted by molar-refractivity contribution is -0.128. The van der Waals surface area contributed by atoms with Gasteiger partial charge in [0.05, 0.1) is 5.39 Å². The SMILES string of the molecule is CC(C)(C)C(=O)COc1cc(OCC(=O)C(C)(C)C)c2c(=O)c3ccccc3oc2c1. The van der Waals surface area contributed by atoms with Crippen LogP contribution in [0.15, 0.2) is 45.6 Å². The highest BCUT2D eigenvalue weighted by atomic mass is 16.5. The number of hydrogen-bond acceptors (Lipinski definition) is 6. The minimum absolute atomic E-state index is 0.0714. The zero-order valence-corrected chi connectivity index (χ0v) is 18.8. The van der Waals surface area contributed by atoms with Gasteiger partial charge in [0, 0.05) is 23.0 Å². The van der Waals surface area contributed by atoms with Crippen LogP contribution >= 0.6 is 0 Å². The summed E-state index contributed by atoms with van der Waals surface area (Å²) in [5, 5.41) is 0.647. The van der Waals surface area contributed by atoms with Crippen molar-refractivity contribution in [3.8, 4) is 11.5 Å². The van der Waals surface area contributed by atoms with Crippen LogP contribution in [0.1, 0.15) is 41.5 Å². The zero-order valence-electron chi connectivity index (χ0n) is 18.8. The van der Waals surface area contributed by atoms with Gasteiger partial charge in [-0.2, -0.15) is 0 Å². The number of ketones is 2. The third-order valence-electron chi connectivity index (χ3n) is 5.02. The first-order valence-corrected chi connectivity index (χ1v) is 10.2. The van der Waals surface area contributed by atoms with Crippen molar-refractivity contribution in [2.75, 3.05) is 13.2 Å². The normalized spacial score (nSPS) is 12.2. The Bertz CT molecular complexity index is 1200. The van der Waals surface area contributed by atoms with Crippen LogP contribution in [-0.4, -0.2) is 24.8 Å². The predicted molar refractivity (Wildman–Crippen MR) is 120 cm³/mol. The Balaban J connectivity index is 2.08. The van der Waals surface area contributed by atoms with Crippen LogP contribution in [-0.2, 0) is 9.59 Å². The summed E-state index contributed by atoms with van der Waals surface area (Å²) in [5.41, 5.74) is -0.687. The smallest absolute Gasteiger partial charge is 0.204 e. The molecule has 3 aromatic rings. The summed E-state index contributed by atoms with van der Waals surface area (Å²) in [6, 6.07) is 10.0. The van der Waals surface area contributed by atoms with Crippen molar-refractivity contribution in [3.05, 3.63) is 46.6 Å². The first-order chi connectivity index (χ1) is 14.4. The summed E-state index contributed by atoms with van der Waals surface area (Å²) in [6.45, 7) is 10.5. The number of rotatable bonds is 6. The van der Waals surface area contributed by atoms with Crippen molar-refractivity contribution in [3.63, 3.8) is 0 Å². The van der Waals surface area contributed by atoms with E-state index in [9.17, 15) is 14.4 Å². The minimum atomic E-state index is -0.583. The van der Waals surface area contributed by atoms with Crippen molar-refractivity contribution in [1.29, 1.82) is 0 Å². The molecule has 0 aliphatic heterocycles. The van der Waals surface area contributed by atoms with E-state index in [-0.39, 0.29) is 46.9 Å². The number of benzene rings is 2. The van der Waals surface area contributed by atoms with Gasteiger partial charge in [0.2, 0.25) is 5.43 Å². The van der Waals surface area contributed by atoms with Gasteiger partial charge in [-0.15, -0.1) is 0 Å². The number of fused-ring (bicyclic) bond motifs is 2. The van der Waals surface area contributed by atoms with Gasteiger partial charge in [-0.25, -0.2) is 0 Å². The summed E-state index contributed by atoms with van der Waals surface area (Å²) in [4.78, 5) is 37.8. The van der Waals surface area contributed by atoms with E-state index in [1.807, 2.05) is 20.8 Å². The van der Waals surface area contributed by atoms with E-state index in [0.717, 1.165) is 0 Å². The molecule has 2 aromatic carbocycles. The van der Waals surface area contributed by atoms with E-state index in [0.29, 0.717) is 16.7 Å². The maximum Gasteiger partial charge on any atom is 0.204 e. The minimum Gasteiger partial charge on any atom is -0.486 e. The fraction of sp³-hybridized carbons (Fsp3) is 0.400. The molecule has 0 unspecified atom stereocenters. The summed E-state index contributed by atoms with van der Waals surface area (Å²) < 4.78 is 17.4. The maximum atomic E-state index is 13.1. The number of para-hydroxylation sites is 1. The summed E-state index contributed by atoms with van der Waals surface area (Å²) in [5.74, 6) is 0.326. The highest BCUT2D eigenvalue weighted by Gasteiger charge is 2.24.